The van der Waals surface area contributed by atoms with E-state index in [1.54, 1.807) is 0 Å². The van der Waals surface area contributed by atoms with E-state index in [1.807, 2.05) is 0 Å². The molecule has 0 amide bonds. The van der Waals surface area contributed by atoms with Crippen LogP contribution in [0.15, 0.2) is 0 Å². The highest BCUT2D eigenvalue weighted by Gasteiger charge is 2.27. The van der Waals surface area contributed by atoms with E-state index in [2.05, 4.69) is 35.9 Å². The van der Waals surface area contributed by atoms with Crippen LogP contribution < -0.4 is 5.32 Å². The van der Waals surface area contributed by atoms with Crippen LogP contribution in [0.4, 0.5) is 0 Å². The van der Waals surface area contributed by atoms with Crippen LogP contribution in [0.2, 0.25) is 0 Å². The third-order valence-electron chi connectivity index (χ3n) is 3.47. The molecule has 0 aromatic rings. The molecule has 0 aromatic carbocycles. The average molecular weight is 214 g/mol. The molecule has 0 bridgehead atoms. The third-order valence-corrected chi connectivity index (χ3v) is 4.81. The van der Waals surface area contributed by atoms with Crippen molar-refractivity contribution in [3.63, 3.8) is 0 Å². The Kier molecular flexibility index (Phi) is 3.74. The predicted octanol–water partition coefficient (Wildman–Crippen LogP) is 1.56. The number of nitrogens with zero attached hydrogens (tertiary/aromatic N) is 1. The van der Waals surface area contributed by atoms with Gasteiger partial charge in [-0.2, -0.15) is 11.8 Å². The topological polar surface area (TPSA) is 15.3 Å². The smallest absolute Gasteiger partial charge is 0.0195 e. The van der Waals surface area contributed by atoms with Crippen molar-refractivity contribution in [2.24, 2.45) is 0 Å². The first-order chi connectivity index (χ1) is 6.75. The van der Waals surface area contributed by atoms with Crippen molar-refractivity contribution in [3.8, 4) is 0 Å². The number of thioether (sulfide) groups is 1. The van der Waals surface area contributed by atoms with Gasteiger partial charge in [0.2, 0.25) is 0 Å². The minimum Gasteiger partial charge on any atom is -0.313 e. The Labute approximate surface area is 91.8 Å². The number of rotatable bonds is 3. The molecule has 3 unspecified atom stereocenters. The molecule has 2 aliphatic rings. The fourth-order valence-electron chi connectivity index (χ4n) is 2.51. The van der Waals surface area contributed by atoms with Crippen molar-refractivity contribution in [3.05, 3.63) is 0 Å². The maximum atomic E-state index is 3.57. The summed E-state index contributed by atoms with van der Waals surface area (Å²) < 4.78 is 0. The van der Waals surface area contributed by atoms with Gasteiger partial charge in [-0.15, -0.1) is 0 Å². The van der Waals surface area contributed by atoms with Crippen LogP contribution in [0.1, 0.15) is 26.2 Å². The van der Waals surface area contributed by atoms with E-state index in [4.69, 9.17) is 0 Å². The van der Waals surface area contributed by atoms with Crippen LogP contribution in [-0.2, 0) is 0 Å². The van der Waals surface area contributed by atoms with Gasteiger partial charge in [0.05, 0.1) is 0 Å². The monoisotopic (exact) mass is 214 g/mol. The van der Waals surface area contributed by atoms with Gasteiger partial charge in [0, 0.05) is 29.6 Å². The highest BCUT2D eigenvalue weighted by atomic mass is 32.2. The van der Waals surface area contributed by atoms with Crippen molar-refractivity contribution in [2.75, 3.05) is 25.9 Å². The minimum atomic E-state index is 0.765. The fraction of sp³-hybridized carbons (Fsp3) is 1.00. The molecule has 1 N–H and O–H groups in total. The molecule has 0 spiro atoms. The van der Waals surface area contributed by atoms with Crippen LogP contribution in [0, 0.1) is 0 Å². The second kappa shape index (κ2) is 4.86. The summed E-state index contributed by atoms with van der Waals surface area (Å²) in [5, 5.41) is 4.45. The van der Waals surface area contributed by atoms with Gasteiger partial charge in [-0.3, -0.25) is 0 Å². The molecule has 3 heteroatoms. The molecule has 2 saturated heterocycles. The molecule has 0 saturated carbocycles. The molecule has 82 valence electrons. The maximum Gasteiger partial charge on any atom is 0.0195 e. The van der Waals surface area contributed by atoms with E-state index >= 15 is 0 Å². The lowest BCUT2D eigenvalue weighted by Crippen LogP contribution is -2.41. The van der Waals surface area contributed by atoms with Gasteiger partial charge in [0.25, 0.3) is 0 Å². The summed E-state index contributed by atoms with van der Waals surface area (Å²) in [6.45, 7) is 4.83. The molecule has 2 nitrogen and oxygen atoms in total. The van der Waals surface area contributed by atoms with Crippen LogP contribution in [0.5, 0.6) is 0 Å². The lowest BCUT2D eigenvalue weighted by molar-refractivity contribution is 0.235. The SMILES string of the molecule is CC1CC(N(C)CC2CCCN2)CS1. The van der Waals surface area contributed by atoms with E-state index < -0.39 is 0 Å². The Morgan fingerprint density at radius 1 is 1.50 bits per heavy atom. The summed E-state index contributed by atoms with van der Waals surface area (Å²) in [6.07, 6.45) is 4.13. The van der Waals surface area contributed by atoms with E-state index in [0.717, 1.165) is 17.3 Å². The van der Waals surface area contributed by atoms with Crippen molar-refractivity contribution in [1.29, 1.82) is 0 Å². The number of nitrogens with one attached hydrogen (secondary N) is 1. The number of hydrogen-bond acceptors (Lipinski definition) is 3. The predicted molar refractivity (Wildman–Crippen MR) is 64.0 cm³/mol. The summed E-state index contributed by atoms with van der Waals surface area (Å²) in [5.41, 5.74) is 0. The molecule has 3 atom stereocenters. The Morgan fingerprint density at radius 3 is 2.93 bits per heavy atom. The normalized spacial score (nSPS) is 38.4. The fourth-order valence-corrected chi connectivity index (χ4v) is 3.81. The molecule has 2 heterocycles. The number of likely N-dealkylation sites (N-methyl/N-ethyl adjacent to an activating group) is 1. The molecule has 0 aliphatic carbocycles. The maximum absolute atomic E-state index is 3.57. The van der Waals surface area contributed by atoms with Gasteiger partial charge in [-0.05, 0) is 32.9 Å². The molecular weight excluding hydrogens is 192 g/mol. The quantitative estimate of drug-likeness (QED) is 0.767. The molecule has 0 radical (unpaired) electrons. The van der Waals surface area contributed by atoms with Crippen LogP contribution >= 0.6 is 11.8 Å². The summed E-state index contributed by atoms with van der Waals surface area (Å²) >= 11 is 2.13. The first kappa shape index (κ1) is 10.8. The molecule has 2 aliphatic heterocycles. The Hall–Kier alpha value is 0.270. The van der Waals surface area contributed by atoms with E-state index in [9.17, 15) is 0 Å². The zero-order valence-corrected chi connectivity index (χ0v) is 10.1. The van der Waals surface area contributed by atoms with E-state index in [-0.39, 0.29) is 0 Å². The van der Waals surface area contributed by atoms with Gasteiger partial charge in [0.1, 0.15) is 0 Å². The van der Waals surface area contributed by atoms with Crippen LogP contribution in [-0.4, -0.2) is 48.1 Å². The summed E-state index contributed by atoms with van der Waals surface area (Å²) in [6, 6.07) is 1.60. The van der Waals surface area contributed by atoms with Crippen molar-refractivity contribution in [1.82, 2.24) is 10.2 Å². The standard InChI is InChI=1S/C11H22N2S/c1-9-6-11(8-14-9)13(2)7-10-4-3-5-12-10/h9-12H,3-8H2,1-2H3. The molecule has 14 heavy (non-hydrogen) atoms. The highest BCUT2D eigenvalue weighted by Crippen LogP contribution is 2.29. The van der Waals surface area contributed by atoms with Gasteiger partial charge in [-0.1, -0.05) is 6.92 Å². The Morgan fingerprint density at radius 2 is 2.36 bits per heavy atom. The molecule has 2 fully saturated rings. The number of hydrogen-bond donors (Lipinski definition) is 1. The lowest BCUT2D eigenvalue weighted by atomic mass is 10.1. The zero-order chi connectivity index (χ0) is 9.97. The first-order valence-electron chi connectivity index (χ1n) is 5.81. The highest BCUT2D eigenvalue weighted by molar-refractivity contribution is 8.00. The van der Waals surface area contributed by atoms with Gasteiger partial charge < -0.3 is 10.2 Å². The summed E-state index contributed by atoms with van der Waals surface area (Å²) in [7, 11) is 2.29. The van der Waals surface area contributed by atoms with Crippen molar-refractivity contribution in [2.45, 2.75) is 43.5 Å². The average Bonchev–Trinajstić information content (AvgIpc) is 2.75. The lowest BCUT2D eigenvalue weighted by Gasteiger charge is -2.26. The third kappa shape index (κ3) is 2.65. The van der Waals surface area contributed by atoms with Crippen molar-refractivity contribution < 1.29 is 0 Å². The summed E-state index contributed by atoms with van der Waals surface area (Å²) in [5.74, 6) is 1.34. The zero-order valence-electron chi connectivity index (χ0n) is 9.33. The van der Waals surface area contributed by atoms with Crippen LogP contribution in [0.25, 0.3) is 0 Å². The molecular formula is C11H22N2S. The summed E-state index contributed by atoms with van der Waals surface area (Å²) in [4.78, 5) is 2.57. The Bertz CT molecular complexity index is 180. The van der Waals surface area contributed by atoms with Gasteiger partial charge >= 0.3 is 0 Å². The molecule has 2 rings (SSSR count). The largest absolute Gasteiger partial charge is 0.313 e. The van der Waals surface area contributed by atoms with E-state index in [0.29, 0.717) is 0 Å². The van der Waals surface area contributed by atoms with Crippen LogP contribution in [0.3, 0.4) is 0 Å². The van der Waals surface area contributed by atoms with Gasteiger partial charge in [0.15, 0.2) is 0 Å². The Balaban J connectivity index is 1.74. The minimum absolute atomic E-state index is 0.765. The molecule has 0 aromatic heterocycles. The van der Waals surface area contributed by atoms with E-state index in [1.165, 1.54) is 38.1 Å². The first-order valence-corrected chi connectivity index (χ1v) is 6.86. The van der Waals surface area contributed by atoms with Crippen molar-refractivity contribution >= 4 is 11.8 Å². The second-order valence-electron chi connectivity index (χ2n) is 4.77. The second-order valence-corrected chi connectivity index (χ2v) is 6.24. The van der Waals surface area contributed by atoms with Gasteiger partial charge in [-0.25, -0.2) is 0 Å².